The summed E-state index contributed by atoms with van der Waals surface area (Å²) in [6.45, 7) is 10.8. The molecule has 0 radical (unpaired) electrons. The Morgan fingerprint density at radius 2 is 1.67 bits per heavy atom. The summed E-state index contributed by atoms with van der Waals surface area (Å²) in [5, 5.41) is 4.28. The molecular weight excluding hydrogens is 340 g/mol. The van der Waals surface area contributed by atoms with Gasteiger partial charge in [-0.1, -0.05) is 29.8 Å². The van der Waals surface area contributed by atoms with Crippen molar-refractivity contribution in [3.63, 3.8) is 0 Å². The van der Waals surface area contributed by atoms with Gasteiger partial charge in [0.05, 0.1) is 30.9 Å². The van der Waals surface area contributed by atoms with E-state index in [4.69, 9.17) is 9.47 Å². The Kier molecular flexibility index (Phi) is 7.41. The molecule has 0 aliphatic rings. The molecule has 0 unspecified atom stereocenters. The molecule has 5 heteroatoms. The second kappa shape index (κ2) is 9.76. The highest BCUT2D eigenvalue weighted by Crippen LogP contribution is 2.29. The van der Waals surface area contributed by atoms with Gasteiger partial charge in [0.2, 0.25) is 5.91 Å². The second-order valence-electron chi connectivity index (χ2n) is 6.33. The van der Waals surface area contributed by atoms with Crippen LogP contribution < -0.4 is 14.9 Å². The predicted octanol–water partition coefficient (Wildman–Crippen LogP) is 4.18. The van der Waals surface area contributed by atoms with Gasteiger partial charge in [-0.15, -0.1) is 0 Å². The maximum atomic E-state index is 12.3. The second-order valence-corrected chi connectivity index (χ2v) is 6.33. The molecule has 2 rings (SSSR count). The molecule has 0 aliphatic carbocycles. The fourth-order valence-corrected chi connectivity index (χ4v) is 2.88. The monoisotopic (exact) mass is 368 g/mol. The van der Waals surface area contributed by atoms with E-state index in [1.54, 1.807) is 0 Å². The molecule has 0 atom stereocenters. The lowest BCUT2D eigenvalue weighted by atomic mass is 10.0. The number of ether oxygens (including phenoxy) is 2. The van der Waals surface area contributed by atoms with Gasteiger partial charge in [-0.05, 0) is 57.9 Å². The largest absolute Gasteiger partial charge is 0.493 e. The molecule has 1 amide bonds. The number of nitrogens with zero attached hydrogens (tertiary/aromatic N) is 1. The van der Waals surface area contributed by atoms with E-state index in [1.807, 2.05) is 65.0 Å². The average molecular weight is 368 g/mol. The van der Waals surface area contributed by atoms with Gasteiger partial charge in [0.25, 0.3) is 0 Å². The van der Waals surface area contributed by atoms with E-state index < -0.39 is 0 Å². The number of aryl methyl sites for hydroxylation is 2. The van der Waals surface area contributed by atoms with Gasteiger partial charge in [-0.2, -0.15) is 5.10 Å². The zero-order valence-corrected chi connectivity index (χ0v) is 16.8. The molecule has 2 aromatic rings. The van der Waals surface area contributed by atoms with Gasteiger partial charge >= 0.3 is 0 Å². The number of benzene rings is 2. The van der Waals surface area contributed by atoms with Gasteiger partial charge in [0.1, 0.15) is 11.5 Å². The molecule has 0 bridgehead atoms. The molecule has 27 heavy (non-hydrogen) atoms. The molecule has 0 saturated heterocycles. The van der Waals surface area contributed by atoms with Crippen LogP contribution >= 0.6 is 0 Å². The van der Waals surface area contributed by atoms with Crippen LogP contribution in [0.1, 0.15) is 43.0 Å². The summed E-state index contributed by atoms with van der Waals surface area (Å²) in [6.07, 6.45) is 0.286. The van der Waals surface area contributed by atoms with Crippen LogP contribution in [0.3, 0.4) is 0 Å². The Hall–Kier alpha value is -2.82. The SMILES string of the molecule is CCOc1cccc(OCC)c1/C(C)=N/NC(=O)Cc1ccc(C)cc1C. The van der Waals surface area contributed by atoms with E-state index in [9.17, 15) is 4.79 Å². The summed E-state index contributed by atoms with van der Waals surface area (Å²) in [7, 11) is 0. The first-order valence-corrected chi connectivity index (χ1v) is 9.24. The zero-order chi connectivity index (χ0) is 19.8. The van der Waals surface area contributed by atoms with Gasteiger partial charge in [-0.3, -0.25) is 4.79 Å². The molecule has 0 aromatic heterocycles. The highest BCUT2D eigenvalue weighted by Gasteiger charge is 2.14. The van der Waals surface area contributed by atoms with Gasteiger partial charge in [-0.25, -0.2) is 5.43 Å². The highest BCUT2D eigenvalue weighted by molar-refractivity contribution is 6.04. The summed E-state index contributed by atoms with van der Waals surface area (Å²) in [4.78, 5) is 12.3. The summed E-state index contributed by atoms with van der Waals surface area (Å²) in [6, 6.07) is 11.7. The summed E-state index contributed by atoms with van der Waals surface area (Å²) < 4.78 is 11.4. The first-order chi connectivity index (χ1) is 13.0. The number of hydrogen-bond acceptors (Lipinski definition) is 4. The van der Waals surface area contributed by atoms with Gasteiger partial charge in [0.15, 0.2) is 0 Å². The Bertz CT molecular complexity index is 804. The number of amides is 1. The van der Waals surface area contributed by atoms with Crippen LogP contribution in [0.5, 0.6) is 11.5 Å². The smallest absolute Gasteiger partial charge is 0.244 e. The lowest BCUT2D eigenvalue weighted by molar-refractivity contribution is -0.120. The van der Waals surface area contributed by atoms with Crippen LogP contribution in [0.4, 0.5) is 0 Å². The minimum Gasteiger partial charge on any atom is -0.493 e. The summed E-state index contributed by atoms with van der Waals surface area (Å²) >= 11 is 0. The molecule has 1 N–H and O–H groups in total. The van der Waals surface area contributed by atoms with E-state index in [0.717, 1.165) is 16.7 Å². The van der Waals surface area contributed by atoms with E-state index in [0.29, 0.717) is 30.4 Å². The molecule has 0 fully saturated rings. The minimum absolute atomic E-state index is 0.159. The van der Waals surface area contributed by atoms with Crippen molar-refractivity contribution in [2.75, 3.05) is 13.2 Å². The van der Waals surface area contributed by atoms with Gasteiger partial charge in [0, 0.05) is 0 Å². The minimum atomic E-state index is -0.159. The Morgan fingerprint density at radius 1 is 1.04 bits per heavy atom. The van der Waals surface area contributed by atoms with Gasteiger partial charge < -0.3 is 9.47 Å². The van der Waals surface area contributed by atoms with E-state index in [1.165, 1.54) is 5.56 Å². The number of hydrazone groups is 1. The summed E-state index contributed by atoms with van der Waals surface area (Å²) in [5.74, 6) is 1.22. The Balaban J connectivity index is 2.18. The lowest BCUT2D eigenvalue weighted by Crippen LogP contribution is -2.22. The van der Waals surface area contributed by atoms with Crippen molar-refractivity contribution in [1.82, 2.24) is 5.43 Å². The number of nitrogens with one attached hydrogen (secondary N) is 1. The maximum absolute atomic E-state index is 12.3. The van der Waals surface area contributed by atoms with E-state index >= 15 is 0 Å². The summed E-state index contributed by atoms with van der Waals surface area (Å²) in [5.41, 5.74) is 7.32. The lowest BCUT2D eigenvalue weighted by Gasteiger charge is -2.15. The fourth-order valence-electron chi connectivity index (χ4n) is 2.88. The van der Waals surface area contributed by atoms with Crippen LogP contribution in [0.15, 0.2) is 41.5 Å². The van der Waals surface area contributed by atoms with Crippen molar-refractivity contribution in [2.45, 2.75) is 41.0 Å². The van der Waals surface area contributed by atoms with Crippen LogP contribution in [0.2, 0.25) is 0 Å². The van der Waals surface area contributed by atoms with Crippen molar-refractivity contribution in [1.29, 1.82) is 0 Å². The molecule has 0 aliphatic heterocycles. The number of carbonyl (C=O) groups excluding carboxylic acids is 1. The molecule has 0 heterocycles. The molecule has 0 saturated carbocycles. The van der Waals surface area contributed by atoms with Crippen molar-refractivity contribution < 1.29 is 14.3 Å². The first-order valence-electron chi connectivity index (χ1n) is 9.24. The first kappa shape index (κ1) is 20.5. The predicted molar refractivity (Wildman–Crippen MR) is 109 cm³/mol. The Morgan fingerprint density at radius 3 is 2.22 bits per heavy atom. The number of hydrogen-bond donors (Lipinski definition) is 1. The van der Waals surface area contributed by atoms with Crippen LogP contribution in [0, 0.1) is 13.8 Å². The van der Waals surface area contributed by atoms with Crippen LogP contribution in [-0.4, -0.2) is 24.8 Å². The number of carbonyl (C=O) groups is 1. The Labute approximate surface area is 161 Å². The standard InChI is InChI=1S/C22H28N2O3/c1-6-26-19-9-8-10-20(27-7-2)22(19)17(5)23-24-21(25)14-18-12-11-15(3)13-16(18)4/h8-13H,6-7,14H2,1-5H3,(H,24,25)/b23-17+. The fraction of sp³-hybridized carbons (Fsp3) is 0.364. The molecular formula is C22H28N2O3. The maximum Gasteiger partial charge on any atom is 0.244 e. The van der Waals surface area contributed by atoms with Crippen molar-refractivity contribution in [2.24, 2.45) is 5.10 Å². The topological polar surface area (TPSA) is 59.9 Å². The normalized spacial score (nSPS) is 11.2. The van der Waals surface area contributed by atoms with Crippen LogP contribution in [0.25, 0.3) is 0 Å². The zero-order valence-electron chi connectivity index (χ0n) is 16.8. The third kappa shape index (κ3) is 5.58. The molecule has 5 nitrogen and oxygen atoms in total. The van der Waals surface area contributed by atoms with E-state index in [-0.39, 0.29) is 12.3 Å². The van der Waals surface area contributed by atoms with Crippen molar-refractivity contribution in [3.05, 3.63) is 58.7 Å². The third-order valence-corrected chi connectivity index (χ3v) is 4.15. The van der Waals surface area contributed by atoms with Crippen LogP contribution in [-0.2, 0) is 11.2 Å². The van der Waals surface area contributed by atoms with Crippen molar-refractivity contribution >= 4 is 11.6 Å². The quantitative estimate of drug-likeness (QED) is 0.562. The highest BCUT2D eigenvalue weighted by atomic mass is 16.5. The molecule has 144 valence electrons. The average Bonchev–Trinajstić information content (AvgIpc) is 2.63. The third-order valence-electron chi connectivity index (χ3n) is 4.15. The number of rotatable bonds is 8. The molecule has 2 aromatic carbocycles. The van der Waals surface area contributed by atoms with E-state index in [2.05, 4.69) is 16.6 Å². The molecule has 0 spiro atoms. The van der Waals surface area contributed by atoms with Crippen molar-refractivity contribution in [3.8, 4) is 11.5 Å².